The molecule has 0 aromatic rings. The van der Waals surface area contributed by atoms with E-state index in [2.05, 4.69) is 41.5 Å². The fourth-order valence-corrected chi connectivity index (χ4v) is 10.9. The zero-order valence-corrected chi connectivity index (χ0v) is 54.6. The number of unbranched alkanes of at least 4 members (excludes halogenated alkanes) is 31. The SMILES string of the molecule is CCCCCCCCCCCCCCC(=O)OC[C@H](COP(=O)(O)OC[C@@H](O)COP(=O)(O)OC[C@@H](COC(=O)CCCCCCCCC)OC(=O)CCCCCCCCC(C)C)OC(=O)CCCCCCCCCCCCC(C)CC. The molecule has 0 amide bonds. The molecule has 17 nitrogen and oxygen atoms in total. The Morgan fingerprint density at radius 1 is 0.354 bits per heavy atom. The van der Waals surface area contributed by atoms with Gasteiger partial charge in [-0.1, -0.05) is 260 Å². The molecule has 82 heavy (non-hydrogen) atoms. The molecule has 0 aromatic heterocycles. The van der Waals surface area contributed by atoms with Gasteiger partial charge in [-0.15, -0.1) is 0 Å². The van der Waals surface area contributed by atoms with Crippen LogP contribution in [0.3, 0.4) is 0 Å². The van der Waals surface area contributed by atoms with Crippen LogP contribution in [0.25, 0.3) is 0 Å². The summed E-state index contributed by atoms with van der Waals surface area (Å²) in [4.78, 5) is 72.0. The highest BCUT2D eigenvalue weighted by Crippen LogP contribution is 2.45. The van der Waals surface area contributed by atoms with E-state index in [1.165, 1.54) is 116 Å². The molecule has 0 radical (unpaired) electrons. The van der Waals surface area contributed by atoms with Gasteiger partial charge in [0.15, 0.2) is 12.2 Å². The first-order valence-electron chi connectivity index (χ1n) is 33.0. The van der Waals surface area contributed by atoms with E-state index in [4.69, 9.17) is 37.0 Å². The maximum absolute atomic E-state index is 13.0. The van der Waals surface area contributed by atoms with Crippen LogP contribution in [0, 0.1) is 11.8 Å². The van der Waals surface area contributed by atoms with Crippen LogP contribution in [0.15, 0.2) is 0 Å². The van der Waals surface area contributed by atoms with Crippen molar-refractivity contribution in [1.29, 1.82) is 0 Å². The average Bonchev–Trinajstić information content (AvgIpc) is 3.45. The molecule has 0 rings (SSSR count). The van der Waals surface area contributed by atoms with Crippen molar-refractivity contribution in [2.75, 3.05) is 39.6 Å². The number of esters is 4. The van der Waals surface area contributed by atoms with Crippen LogP contribution in [-0.4, -0.2) is 96.7 Å². The number of phosphoric ester groups is 2. The summed E-state index contributed by atoms with van der Waals surface area (Å²) in [5, 5.41) is 10.5. The topological polar surface area (TPSA) is 237 Å². The molecule has 19 heteroatoms. The number of aliphatic hydroxyl groups excluding tert-OH is 1. The molecular weight excluding hydrogens is 1090 g/mol. The van der Waals surface area contributed by atoms with Crippen LogP contribution in [0.4, 0.5) is 0 Å². The first kappa shape index (κ1) is 80.1. The van der Waals surface area contributed by atoms with Gasteiger partial charge >= 0.3 is 39.5 Å². The largest absolute Gasteiger partial charge is 0.472 e. The molecule has 486 valence electrons. The summed E-state index contributed by atoms with van der Waals surface area (Å²) >= 11 is 0. The minimum absolute atomic E-state index is 0.102. The number of hydrogen-bond donors (Lipinski definition) is 3. The van der Waals surface area contributed by atoms with Gasteiger partial charge in [-0.05, 0) is 37.5 Å². The summed E-state index contributed by atoms with van der Waals surface area (Å²) in [6, 6.07) is 0. The lowest BCUT2D eigenvalue weighted by Crippen LogP contribution is -2.30. The van der Waals surface area contributed by atoms with Gasteiger partial charge in [-0.25, -0.2) is 9.13 Å². The van der Waals surface area contributed by atoms with E-state index in [0.717, 1.165) is 109 Å². The molecule has 3 unspecified atom stereocenters. The zero-order chi connectivity index (χ0) is 60.8. The number of ether oxygens (including phenoxy) is 4. The molecule has 0 fully saturated rings. The van der Waals surface area contributed by atoms with Crippen molar-refractivity contribution in [3.05, 3.63) is 0 Å². The molecule has 0 spiro atoms. The number of carbonyl (C=O) groups excluding carboxylic acids is 4. The van der Waals surface area contributed by atoms with Gasteiger partial charge in [0.2, 0.25) is 0 Å². The molecule has 0 bridgehead atoms. The fraction of sp³-hybridized carbons (Fsp3) is 0.937. The smallest absolute Gasteiger partial charge is 0.462 e. The van der Waals surface area contributed by atoms with Crippen molar-refractivity contribution >= 4 is 39.5 Å². The summed E-state index contributed by atoms with van der Waals surface area (Å²) in [5.74, 6) is -0.670. The maximum atomic E-state index is 13.0. The molecule has 3 N–H and O–H groups in total. The minimum Gasteiger partial charge on any atom is -0.462 e. The van der Waals surface area contributed by atoms with Gasteiger partial charge < -0.3 is 33.8 Å². The summed E-state index contributed by atoms with van der Waals surface area (Å²) in [6.45, 7) is 9.38. The van der Waals surface area contributed by atoms with E-state index in [1.54, 1.807) is 0 Å². The maximum Gasteiger partial charge on any atom is 0.472 e. The van der Waals surface area contributed by atoms with Gasteiger partial charge in [0.05, 0.1) is 26.4 Å². The Kier molecular flexibility index (Phi) is 54.3. The van der Waals surface area contributed by atoms with Crippen molar-refractivity contribution in [2.24, 2.45) is 11.8 Å². The monoisotopic (exact) mass is 1210 g/mol. The summed E-state index contributed by atoms with van der Waals surface area (Å²) in [6.07, 6.45) is 37.7. The van der Waals surface area contributed by atoms with E-state index < -0.39 is 97.5 Å². The van der Waals surface area contributed by atoms with Crippen LogP contribution in [-0.2, 0) is 65.4 Å². The summed E-state index contributed by atoms with van der Waals surface area (Å²) in [7, 11) is -9.88. The molecule has 0 aliphatic heterocycles. The third kappa shape index (κ3) is 55.9. The van der Waals surface area contributed by atoms with E-state index >= 15 is 0 Å². The first-order chi connectivity index (χ1) is 39.4. The molecule has 0 saturated carbocycles. The molecule has 0 aromatic carbocycles. The quantitative estimate of drug-likeness (QED) is 0.0222. The average molecular weight is 1210 g/mol. The van der Waals surface area contributed by atoms with E-state index in [0.29, 0.717) is 31.6 Å². The Morgan fingerprint density at radius 3 is 0.927 bits per heavy atom. The third-order valence-corrected chi connectivity index (χ3v) is 16.7. The predicted octanol–water partition coefficient (Wildman–Crippen LogP) is 17.3. The molecule has 0 aliphatic carbocycles. The van der Waals surface area contributed by atoms with Crippen molar-refractivity contribution in [3.8, 4) is 0 Å². The van der Waals surface area contributed by atoms with Crippen molar-refractivity contribution in [2.45, 2.75) is 330 Å². The Balaban J connectivity index is 5.22. The Hall–Kier alpha value is -1.94. The van der Waals surface area contributed by atoms with E-state index in [9.17, 15) is 43.2 Å². The van der Waals surface area contributed by atoms with Crippen molar-refractivity contribution in [1.82, 2.24) is 0 Å². The number of carbonyl (C=O) groups is 4. The lowest BCUT2D eigenvalue weighted by atomic mass is 9.99. The van der Waals surface area contributed by atoms with Crippen molar-refractivity contribution in [3.63, 3.8) is 0 Å². The molecule has 6 atom stereocenters. The van der Waals surface area contributed by atoms with E-state index in [1.807, 2.05) is 0 Å². The van der Waals surface area contributed by atoms with Gasteiger partial charge in [-0.2, -0.15) is 0 Å². The second kappa shape index (κ2) is 55.6. The van der Waals surface area contributed by atoms with Crippen LogP contribution < -0.4 is 0 Å². The normalized spacial score (nSPS) is 14.7. The Bertz CT molecular complexity index is 1620. The highest BCUT2D eigenvalue weighted by molar-refractivity contribution is 7.47. The fourth-order valence-electron chi connectivity index (χ4n) is 9.32. The van der Waals surface area contributed by atoms with Gasteiger partial charge in [0, 0.05) is 25.7 Å². The highest BCUT2D eigenvalue weighted by atomic mass is 31.2. The van der Waals surface area contributed by atoms with Gasteiger partial charge in [0.1, 0.15) is 19.3 Å². The van der Waals surface area contributed by atoms with Crippen LogP contribution in [0.1, 0.15) is 311 Å². The molecule has 0 aliphatic rings. The van der Waals surface area contributed by atoms with Crippen LogP contribution in [0.2, 0.25) is 0 Å². The number of phosphoric acid groups is 2. The van der Waals surface area contributed by atoms with Crippen molar-refractivity contribution < 1.29 is 80.2 Å². The van der Waals surface area contributed by atoms with Gasteiger partial charge in [-0.3, -0.25) is 37.3 Å². The van der Waals surface area contributed by atoms with E-state index in [-0.39, 0.29) is 25.7 Å². The summed E-state index contributed by atoms with van der Waals surface area (Å²) in [5.41, 5.74) is 0. The van der Waals surface area contributed by atoms with Gasteiger partial charge in [0.25, 0.3) is 0 Å². The Labute approximate surface area is 498 Å². The van der Waals surface area contributed by atoms with Crippen LogP contribution >= 0.6 is 15.6 Å². The third-order valence-electron chi connectivity index (χ3n) is 14.8. The first-order valence-corrected chi connectivity index (χ1v) is 36.0. The molecular formula is C63H122O17P2. The zero-order valence-electron chi connectivity index (χ0n) is 52.8. The lowest BCUT2D eigenvalue weighted by Gasteiger charge is -2.21. The Morgan fingerprint density at radius 2 is 0.622 bits per heavy atom. The standard InChI is InChI=1S/C63H122O17P2/c1-7-10-12-14-16-17-18-19-23-27-34-40-46-61(66)74-52-58(79-62(67)47-41-35-28-24-21-20-22-26-32-38-44-56(6)9-3)53-77-81(69,70)75-49-57(64)50-76-82(71,72)78-54-59(51-73-60(65)45-39-33-25-15-13-11-8-2)80-63(68)48-42-36-30-29-31-37-43-55(4)5/h55-59,64H,7-54H2,1-6H3,(H,69,70)(H,71,72)/t56?,57-,58-,59-/m1/s1. The summed E-state index contributed by atoms with van der Waals surface area (Å²) < 4.78 is 67.8. The second-order valence-corrected chi connectivity index (χ2v) is 26.4. The number of aliphatic hydroxyl groups is 1. The number of hydrogen-bond acceptors (Lipinski definition) is 15. The molecule has 0 heterocycles. The minimum atomic E-state index is -4.94. The number of rotatable bonds is 62. The van der Waals surface area contributed by atoms with Crippen LogP contribution in [0.5, 0.6) is 0 Å². The predicted molar refractivity (Wildman–Crippen MR) is 326 cm³/mol. The molecule has 0 saturated heterocycles. The lowest BCUT2D eigenvalue weighted by molar-refractivity contribution is -0.161. The highest BCUT2D eigenvalue weighted by Gasteiger charge is 2.30. The second-order valence-electron chi connectivity index (χ2n) is 23.5.